The Morgan fingerprint density at radius 2 is 1.25 bits per heavy atom. The third-order valence-electron chi connectivity index (χ3n) is 0. The molecule has 0 rings (SSSR count). The number of hydrogen-bond donors (Lipinski definition) is 2. The summed E-state index contributed by atoms with van der Waals surface area (Å²) in [5.41, 5.74) is 0. The molecule has 0 aromatic rings. The molecule has 0 aliphatic heterocycles. The van der Waals surface area contributed by atoms with Gasteiger partial charge in [-0.05, 0) is 0 Å². The average molecular weight is 90.1 g/mol. The molecule has 0 fully saturated rings. The van der Waals surface area contributed by atoms with Crippen LogP contribution in [0.15, 0.2) is 0 Å². The molecule has 0 radical (unpaired) electrons. The van der Waals surface area contributed by atoms with Crippen molar-refractivity contribution >= 4 is 13.5 Å². The molecule has 24 valence electrons. The second kappa shape index (κ2) is 28.3. The Hall–Kier alpha value is 1.27. The van der Waals surface area contributed by atoms with E-state index in [1.165, 1.54) is 0 Å². The van der Waals surface area contributed by atoms with Gasteiger partial charge in [0.15, 0.2) is 0 Å². The van der Waals surface area contributed by atoms with Gasteiger partial charge in [-0.25, -0.2) is 0 Å². The normalized spacial score (nSPS) is 1.50. The third kappa shape index (κ3) is 10.4. The predicted molar refractivity (Wildman–Crippen MR) is 19.9 cm³/mol. The molecule has 0 unspecified atom stereocenters. The first-order valence-electron chi connectivity index (χ1n) is 0.333. The summed E-state index contributed by atoms with van der Waals surface area (Å²) in [4.78, 5) is 0. The van der Waals surface area contributed by atoms with Crippen LogP contribution in [0.5, 0.6) is 0 Å². The van der Waals surface area contributed by atoms with Gasteiger partial charge in [0, 0.05) is 0 Å². The summed E-state index contributed by atoms with van der Waals surface area (Å²) in [7, 11) is 0. The Labute approximate surface area is 56.1 Å². The van der Waals surface area contributed by atoms with E-state index in [-0.39, 0.29) is 44.5 Å². The van der Waals surface area contributed by atoms with Crippen LogP contribution in [0.25, 0.3) is 0 Å². The number of hydrogen-bond acceptors (Lipinski definition) is 2. The monoisotopic (exact) mass is 90.0 g/mol. The van der Waals surface area contributed by atoms with Crippen LogP contribution in [0.2, 0.25) is 0 Å². The van der Waals surface area contributed by atoms with Crippen LogP contribution < -0.4 is 41.2 Å². The second-order valence-corrected chi connectivity index (χ2v) is 0. The van der Waals surface area contributed by atoms with Gasteiger partial charge in [0.1, 0.15) is 0 Å². The zero-order chi connectivity index (χ0) is 2.00. The van der Waals surface area contributed by atoms with Crippen LogP contribution in [0.4, 0.5) is 0 Å². The van der Waals surface area contributed by atoms with E-state index in [0.29, 0.717) is 0 Å². The zero-order valence-electron chi connectivity index (χ0n) is 3.65. The summed E-state index contributed by atoms with van der Waals surface area (Å²) >= 11 is 0. The van der Waals surface area contributed by atoms with E-state index >= 15 is 0 Å². The molecule has 4 N–H and O–H groups in total. The standard InChI is InChI=1S/H4N2.Na.H2S.H/c1-2;;;/h1-2H2;;1H2;/q;+1;;-1. The Kier molecular flexibility index (Phi) is 132. The van der Waals surface area contributed by atoms with Crippen LogP contribution in [-0.4, -0.2) is 0 Å². The number of nitrogens with two attached hydrogens (primary N) is 2. The van der Waals surface area contributed by atoms with Crippen LogP contribution in [0, 0.1) is 0 Å². The maximum Gasteiger partial charge on any atom is 1.00 e. The van der Waals surface area contributed by atoms with Crippen molar-refractivity contribution in [1.82, 2.24) is 0 Å². The van der Waals surface area contributed by atoms with Crippen molar-refractivity contribution in [2.45, 2.75) is 0 Å². The summed E-state index contributed by atoms with van der Waals surface area (Å²) in [6.07, 6.45) is 0. The van der Waals surface area contributed by atoms with Gasteiger partial charge in [0.05, 0.1) is 0 Å². The first-order chi connectivity index (χ1) is 1.00. The first kappa shape index (κ1) is 18.6. The molecule has 4 heteroatoms. The summed E-state index contributed by atoms with van der Waals surface area (Å²) < 4.78 is 0. The number of rotatable bonds is 0. The smallest absolute Gasteiger partial charge is 1.00 e. The van der Waals surface area contributed by atoms with Gasteiger partial charge >= 0.3 is 29.6 Å². The van der Waals surface area contributed by atoms with E-state index in [1.54, 1.807) is 0 Å². The summed E-state index contributed by atoms with van der Waals surface area (Å²) in [5, 5.41) is 0. The molecular weight excluding hydrogens is 83.1 g/mol. The first-order valence-corrected chi connectivity index (χ1v) is 0.333. The molecule has 0 atom stereocenters. The van der Waals surface area contributed by atoms with Gasteiger partial charge in [-0.3, -0.25) is 11.7 Å². The topological polar surface area (TPSA) is 52.0 Å². The molecule has 0 amide bonds. The predicted octanol–water partition coefficient (Wildman–Crippen LogP) is -3.95. The molecule has 0 aliphatic carbocycles. The fraction of sp³-hybridized carbons (Fsp3) is 0. The summed E-state index contributed by atoms with van der Waals surface area (Å²) in [5.74, 6) is 8.00. The van der Waals surface area contributed by atoms with Gasteiger partial charge in [-0.1, -0.05) is 0 Å². The van der Waals surface area contributed by atoms with Crippen LogP contribution in [-0.2, 0) is 0 Å². The van der Waals surface area contributed by atoms with E-state index in [1.807, 2.05) is 0 Å². The average Bonchev–Trinajstić information content (AvgIpc) is 1.00. The van der Waals surface area contributed by atoms with E-state index in [0.717, 1.165) is 0 Å². The summed E-state index contributed by atoms with van der Waals surface area (Å²) in [6, 6.07) is 0. The van der Waals surface area contributed by atoms with Gasteiger partial charge in [-0.15, -0.1) is 0 Å². The molecule has 0 saturated heterocycles. The number of hydrazine groups is 1. The molecule has 0 aromatic carbocycles. The van der Waals surface area contributed by atoms with Crippen molar-refractivity contribution in [1.29, 1.82) is 0 Å². The van der Waals surface area contributed by atoms with Gasteiger partial charge in [0.25, 0.3) is 0 Å². The molecular formula is H7N2NaS. The maximum atomic E-state index is 4.00. The van der Waals surface area contributed by atoms with Crippen molar-refractivity contribution in [3.8, 4) is 0 Å². The van der Waals surface area contributed by atoms with Gasteiger partial charge in [-0.2, -0.15) is 13.5 Å². The molecule has 0 aliphatic rings. The second-order valence-electron chi connectivity index (χ2n) is 0. The maximum absolute atomic E-state index is 4.00. The molecule has 0 spiro atoms. The molecule has 0 heterocycles. The van der Waals surface area contributed by atoms with Gasteiger partial charge < -0.3 is 1.43 Å². The Bertz CT molecular complexity index is 9.61. The molecule has 0 bridgehead atoms. The minimum absolute atomic E-state index is 0. The largest absolute Gasteiger partial charge is 1.00 e. The quantitative estimate of drug-likeness (QED) is 0.181. The Balaban J connectivity index is -0.00000000167. The van der Waals surface area contributed by atoms with Crippen molar-refractivity contribution < 1.29 is 31.0 Å². The minimum Gasteiger partial charge on any atom is -1.00 e. The zero-order valence-corrected chi connectivity index (χ0v) is 5.65. The molecule has 0 saturated carbocycles. The van der Waals surface area contributed by atoms with Gasteiger partial charge in [0.2, 0.25) is 0 Å². The van der Waals surface area contributed by atoms with E-state index < -0.39 is 0 Å². The van der Waals surface area contributed by atoms with Crippen LogP contribution in [0.1, 0.15) is 1.43 Å². The Morgan fingerprint density at radius 3 is 1.25 bits per heavy atom. The Morgan fingerprint density at radius 1 is 1.25 bits per heavy atom. The minimum atomic E-state index is 0. The van der Waals surface area contributed by atoms with Crippen molar-refractivity contribution in [2.24, 2.45) is 11.7 Å². The van der Waals surface area contributed by atoms with Crippen molar-refractivity contribution in [3.05, 3.63) is 0 Å². The van der Waals surface area contributed by atoms with E-state index in [2.05, 4.69) is 11.7 Å². The van der Waals surface area contributed by atoms with Crippen molar-refractivity contribution in [3.63, 3.8) is 0 Å². The molecule has 2 nitrogen and oxygen atoms in total. The fourth-order valence-corrected chi connectivity index (χ4v) is 0. The SMILES string of the molecule is NN.S.[H-].[Na+]. The van der Waals surface area contributed by atoms with Crippen LogP contribution >= 0.6 is 13.5 Å². The van der Waals surface area contributed by atoms with Crippen molar-refractivity contribution in [2.75, 3.05) is 0 Å². The summed E-state index contributed by atoms with van der Waals surface area (Å²) in [6.45, 7) is 0. The van der Waals surface area contributed by atoms with E-state index in [9.17, 15) is 0 Å². The van der Waals surface area contributed by atoms with Crippen LogP contribution in [0.3, 0.4) is 0 Å². The van der Waals surface area contributed by atoms with E-state index in [4.69, 9.17) is 0 Å². The fourth-order valence-electron chi connectivity index (χ4n) is 0. The molecule has 0 aromatic heterocycles. The third-order valence-corrected chi connectivity index (χ3v) is 0. The molecule has 4 heavy (non-hydrogen) atoms.